The van der Waals surface area contributed by atoms with Crippen molar-refractivity contribution in [2.24, 2.45) is 0 Å². The summed E-state index contributed by atoms with van der Waals surface area (Å²) in [6, 6.07) is 4.52. The molecule has 0 aromatic heterocycles. The first kappa shape index (κ1) is 16.8. The number of sulfonamides is 1. The van der Waals surface area contributed by atoms with E-state index in [9.17, 15) is 13.2 Å². The molecule has 1 amide bonds. The highest BCUT2D eigenvalue weighted by Crippen LogP contribution is 2.25. The molecule has 0 unspecified atom stereocenters. The minimum atomic E-state index is -3.68. The molecule has 0 radical (unpaired) electrons. The SMILES string of the molecule is CNS(=O)(=O)c1cc(C(=O)N2CCCCCC2)ccc1OC. The van der Waals surface area contributed by atoms with Gasteiger partial charge in [0.2, 0.25) is 10.0 Å². The molecule has 6 nitrogen and oxygen atoms in total. The lowest BCUT2D eigenvalue weighted by molar-refractivity contribution is 0.0761. The summed E-state index contributed by atoms with van der Waals surface area (Å²) in [6.45, 7) is 1.44. The van der Waals surface area contributed by atoms with Gasteiger partial charge < -0.3 is 9.64 Å². The number of benzene rings is 1. The van der Waals surface area contributed by atoms with Crippen molar-refractivity contribution in [2.75, 3.05) is 27.2 Å². The van der Waals surface area contributed by atoms with Gasteiger partial charge in [-0.3, -0.25) is 4.79 Å². The van der Waals surface area contributed by atoms with E-state index in [1.807, 2.05) is 0 Å². The highest BCUT2D eigenvalue weighted by molar-refractivity contribution is 7.89. The highest BCUT2D eigenvalue weighted by Gasteiger charge is 2.23. The molecule has 1 saturated heterocycles. The predicted molar refractivity (Wildman–Crippen MR) is 83.6 cm³/mol. The Morgan fingerprint density at radius 2 is 1.82 bits per heavy atom. The van der Waals surface area contributed by atoms with Crippen LogP contribution in [0.4, 0.5) is 0 Å². The van der Waals surface area contributed by atoms with Crippen LogP contribution in [0.3, 0.4) is 0 Å². The van der Waals surface area contributed by atoms with Crippen LogP contribution >= 0.6 is 0 Å². The number of nitrogens with one attached hydrogen (secondary N) is 1. The zero-order valence-corrected chi connectivity index (χ0v) is 13.8. The minimum absolute atomic E-state index is 0.0156. The van der Waals surface area contributed by atoms with Crippen molar-refractivity contribution >= 4 is 15.9 Å². The molecule has 0 aliphatic carbocycles. The number of carbonyl (C=O) groups excluding carboxylic acids is 1. The molecule has 0 bridgehead atoms. The molecular formula is C15H22N2O4S. The molecule has 1 aliphatic heterocycles. The van der Waals surface area contributed by atoms with E-state index in [1.165, 1.54) is 26.3 Å². The summed E-state index contributed by atoms with van der Waals surface area (Å²) in [5, 5.41) is 0. The van der Waals surface area contributed by atoms with Crippen LogP contribution < -0.4 is 9.46 Å². The Balaban J connectivity index is 2.35. The lowest BCUT2D eigenvalue weighted by Gasteiger charge is -2.21. The molecule has 122 valence electrons. The van der Waals surface area contributed by atoms with Gasteiger partial charge in [-0.1, -0.05) is 12.8 Å². The maximum atomic E-state index is 12.6. The highest BCUT2D eigenvalue weighted by atomic mass is 32.2. The van der Waals surface area contributed by atoms with Crippen molar-refractivity contribution in [3.8, 4) is 5.75 Å². The van der Waals surface area contributed by atoms with Crippen LogP contribution in [0, 0.1) is 0 Å². The van der Waals surface area contributed by atoms with Crippen molar-refractivity contribution < 1.29 is 17.9 Å². The van der Waals surface area contributed by atoms with E-state index in [4.69, 9.17) is 4.74 Å². The van der Waals surface area contributed by atoms with Crippen molar-refractivity contribution in [3.63, 3.8) is 0 Å². The number of nitrogens with zero attached hydrogens (tertiary/aromatic N) is 1. The Hall–Kier alpha value is -1.60. The summed E-state index contributed by atoms with van der Waals surface area (Å²) in [7, 11) is -0.946. The maximum absolute atomic E-state index is 12.6. The molecule has 1 N–H and O–H groups in total. The molecule has 0 spiro atoms. The van der Waals surface area contributed by atoms with Crippen LogP contribution in [0.5, 0.6) is 5.75 Å². The summed E-state index contributed by atoms with van der Waals surface area (Å²) in [5.74, 6) is 0.0962. The number of ether oxygens (including phenoxy) is 1. The number of rotatable bonds is 4. The van der Waals surface area contributed by atoms with Gasteiger partial charge in [0, 0.05) is 18.7 Å². The molecule has 22 heavy (non-hydrogen) atoms. The topological polar surface area (TPSA) is 75.7 Å². The van der Waals surface area contributed by atoms with Gasteiger partial charge in [-0.15, -0.1) is 0 Å². The fraction of sp³-hybridized carbons (Fsp3) is 0.533. The number of methoxy groups -OCH3 is 1. The normalized spacial score (nSPS) is 16.2. The summed E-state index contributed by atoms with van der Waals surface area (Å²) >= 11 is 0. The van der Waals surface area contributed by atoms with E-state index in [1.54, 1.807) is 11.0 Å². The van der Waals surface area contributed by atoms with E-state index in [-0.39, 0.29) is 16.6 Å². The summed E-state index contributed by atoms with van der Waals surface area (Å²) in [5.41, 5.74) is 0.372. The average molecular weight is 326 g/mol. The molecule has 1 heterocycles. The Morgan fingerprint density at radius 3 is 2.36 bits per heavy atom. The molecule has 1 aromatic carbocycles. The van der Waals surface area contributed by atoms with Crippen LogP contribution in [-0.4, -0.2) is 46.5 Å². The van der Waals surface area contributed by atoms with Gasteiger partial charge in [0.25, 0.3) is 5.91 Å². The molecule has 0 saturated carbocycles. The Morgan fingerprint density at radius 1 is 1.18 bits per heavy atom. The minimum Gasteiger partial charge on any atom is -0.495 e. The second kappa shape index (κ2) is 7.11. The lowest BCUT2D eigenvalue weighted by Crippen LogP contribution is -2.32. The first-order valence-corrected chi connectivity index (χ1v) is 8.89. The maximum Gasteiger partial charge on any atom is 0.253 e. The van der Waals surface area contributed by atoms with Crippen molar-refractivity contribution in [2.45, 2.75) is 30.6 Å². The Labute approximate surface area is 131 Å². The third kappa shape index (κ3) is 3.59. The second-order valence-corrected chi connectivity index (χ2v) is 7.13. The van der Waals surface area contributed by atoms with Gasteiger partial charge in [0.15, 0.2) is 0 Å². The smallest absolute Gasteiger partial charge is 0.253 e. The van der Waals surface area contributed by atoms with Gasteiger partial charge in [-0.05, 0) is 38.1 Å². The molecule has 1 fully saturated rings. The predicted octanol–water partition coefficient (Wildman–Crippen LogP) is 1.62. The standard InChI is InChI=1S/C15H22N2O4S/c1-16-22(19,20)14-11-12(7-8-13(14)21-2)15(18)17-9-5-3-4-6-10-17/h7-8,11,16H,3-6,9-10H2,1-2H3. The number of carbonyl (C=O) groups is 1. The molecule has 7 heteroatoms. The molecular weight excluding hydrogens is 304 g/mol. The van der Waals surface area contributed by atoms with Gasteiger partial charge in [-0.25, -0.2) is 13.1 Å². The van der Waals surface area contributed by atoms with E-state index < -0.39 is 10.0 Å². The fourth-order valence-electron chi connectivity index (χ4n) is 2.59. The summed E-state index contributed by atoms with van der Waals surface area (Å²) < 4.78 is 31.5. The van der Waals surface area contributed by atoms with E-state index in [0.717, 1.165) is 38.8 Å². The molecule has 1 aliphatic rings. The van der Waals surface area contributed by atoms with Crippen LogP contribution in [-0.2, 0) is 10.0 Å². The van der Waals surface area contributed by atoms with Gasteiger partial charge in [0.1, 0.15) is 10.6 Å². The lowest BCUT2D eigenvalue weighted by atomic mass is 10.2. The Kier molecular flexibility index (Phi) is 5.42. The number of hydrogen-bond donors (Lipinski definition) is 1. The van der Waals surface area contributed by atoms with Crippen molar-refractivity contribution in [1.82, 2.24) is 9.62 Å². The number of likely N-dealkylation sites (tertiary alicyclic amines) is 1. The zero-order chi connectivity index (χ0) is 16.2. The van der Waals surface area contributed by atoms with Gasteiger partial charge in [0.05, 0.1) is 7.11 Å². The molecule has 0 atom stereocenters. The third-order valence-corrected chi connectivity index (χ3v) is 5.30. The number of amides is 1. The van der Waals surface area contributed by atoms with E-state index in [2.05, 4.69) is 4.72 Å². The molecule has 2 rings (SSSR count). The quantitative estimate of drug-likeness (QED) is 0.912. The van der Waals surface area contributed by atoms with Crippen LogP contribution in [0.1, 0.15) is 36.0 Å². The third-order valence-electron chi connectivity index (χ3n) is 3.86. The largest absolute Gasteiger partial charge is 0.495 e. The first-order valence-electron chi connectivity index (χ1n) is 7.40. The van der Waals surface area contributed by atoms with Crippen LogP contribution in [0.15, 0.2) is 23.1 Å². The average Bonchev–Trinajstić information content (AvgIpc) is 2.82. The summed E-state index contributed by atoms with van der Waals surface area (Å²) in [6.07, 6.45) is 4.24. The van der Waals surface area contributed by atoms with E-state index in [0.29, 0.717) is 5.56 Å². The van der Waals surface area contributed by atoms with Gasteiger partial charge in [-0.2, -0.15) is 0 Å². The van der Waals surface area contributed by atoms with Crippen molar-refractivity contribution in [1.29, 1.82) is 0 Å². The van der Waals surface area contributed by atoms with Crippen LogP contribution in [0.2, 0.25) is 0 Å². The number of hydrogen-bond acceptors (Lipinski definition) is 4. The summed E-state index contributed by atoms with van der Waals surface area (Å²) in [4.78, 5) is 14.4. The second-order valence-electron chi connectivity index (χ2n) is 5.28. The van der Waals surface area contributed by atoms with Gasteiger partial charge >= 0.3 is 0 Å². The zero-order valence-electron chi connectivity index (χ0n) is 13.0. The molecule has 1 aromatic rings. The Bertz CT molecular complexity index is 635. The fourth-order valence-corrected chi connectivity index (χ4v) is 3.50. The first-order chi connectivity index (χ1) is 10.5. The van der Waals surface area contributed by atoms with E-state index >= 15 is 0 Å². The van der Waals surface area contributed by atoms with Crippen molar-refractivity contribution in [3.05, 3.63) is 23.8 Å². The monoisotopic (exact) mass is 326 g/mol. The van der Waals surface area contributed by atoms with Crippen LogP contribution in [0.25, 0.3) is 0 Å².